The van der Waals surface area contributed by atoms with Gasteiger partial charge in [0.15, 0.2) is 0 Å². The molecule has 0 amide bonds. The van der Waals surface area contributed by atoms with Crippen LogP contribution >= 0.6 is 0 Å². The largest absolute Gasteiger partial charge is 0.310 e. The molecular weight excluding hydrogens is 172 g/mol. The van der Waals surface area contributed by atoms with Crippen molar-refractivity contribution in [3.05, 3.63) is 0 Å². The van der Waals surface area contributed by atoms with E-state index in [1.807, 2.05) is 0 Å². The Bertz CT molecular complexity index is 200. The molecule has 0 bridgehead atoms. The van der Waals surface area contributed by atoms with Crippen LogP contribution in [0.25, 0.3) is 0 Å². The lowest BCUT2D eigenvalue weighted by Gasteiger charge is -2.44. The summed E-state index contributed by atoms with van der Waals surface area (Å²) in [6.07, 6.45) is 4.18. The van der Waals surface area contributed by atoms with Gasteiger partial charge in [-0.1, -0.05) is 6.92 Å². The van der Waals surface area contributed by atoms with E-state index in [1.54, 1.807) is 0 Å². The molecule has 2 aliphatic rings. The van der Waals surface area contributed by atoms with Gasteiger partial charge in [-0.3, -0.25) is 4.90 Å². The van der Waals surface area contributed by atoms with E-state index in [2.05, 4.69) is 31.0 Å². The second-order valence-electron chi connectivity index (χ2n) is 5.76. The minimum Gasteiger partial charge on any atom is -0.310 e. The summed E-state index contributed by atoms with van der Waals surface area (Å²) in [5, 5.41) is 3.63. The zero-order chi connectivity index (χ0) is 10.2. The summed E-state index contributed by atoms with van der Waals surface area (Å²) in [5.74, 6) is 0.934. The van der Waals surface area contributed by atoms with Gasteiger partial charge in [-0.15, -0.1) is 0 Å². The van der Waals surface area contributed by atoms with Crippen LogP contribution in [0, 0.1) is 5.92 Å². The van der Waals surface area contributed by atoms with E-state index < -0.39 is 0 Å². The molecule has 2 nitrogen and oxygen atoms in total. The van der Waals surface area contributed by atoms with Gasteiger partial charge < -0.3 is 5.32 Å². The maximum absolute atomic E-state index is 3.63. The molecule has 1 aliphatic heterocycles. The van der Waals surface area contributed by atoms with Crippen LogP contribution in [0.3, 0.4) is 0 Å². The average molecular weight is 196 g/mol. The number of rotatable bonds is 1. The van der Waals surface area contributed by atoms with Crippen LogP contribution < -0.4 is 5.32 Å². The fourth-order valence-electron chi connectivity index (χ4n) is 2.83. The summed E-state index contributed by atoms with van der Waals surface area (Å²) >= 11 is 0. The fraction of sp³-hybridized carbons (Fsp3) is 1.00. The SMILES string of the molecule is CC1CCC1N1CCCNC(C)(C)C1. The molecule has 2 rings (SSSR count). The number of hydrogen-bond donors (Lipinski definition) is 1. The van der Waals surface area contributed by atoms with Crippen molar-refractivity contribution in [3.63, 3.8) is 0 Å². The quantitative estimate of drug-likeness (QED) is 0.688. The Balaban J connectivity index is 1.96. The second kappa shape index (κ2) is 3.82. The highest BCUT2D eigenvalue weighted by atomic mass is 15.2. The third-order valence-electron chi connectivity index (χ3n) is 3.87. The van der Waals surface area contributed by atoms with Crippen molar-refractivity contribution in [1.29, 1.82) is 0 Å². The minimum atomic E-state index is 0.311. The highest BCUT2D eigenvalue weighted by Gasteiger charge is 2.35. The normalized spacial score (nSPS) is 38.8. The van der Waals surface area contributed by atoms with Crippen molar-refractivity contribution in [2.75, 3.05) is 19.6 Å². The molecule has 0 radical (unpaired) electrons. The van der Waals surface area contributed by atoms with Crippen molar-refractivity contribution in [2.45, 2.75) is 51.6 Å². The lowest BCUT2D eigenvalue weighted by molar-refractivity contribution is 0.0610. The monoisotopic (exact) mass is 196 g/mol. The maximum atomic E-state index is 3.63. The first-order valence-corrected chi connectivity index (χ1v) is 6.07. The van der Waals surface area contributed by atoms with E-state index in [-0.39, 0.29) is 0 Å². The lowest BCUT2D eigenvalue weighted by Crippen LogP contribution is -2.53. The highest BCUT2D eigenvalue weighted by Crippen LogP contribution is 2.32. The molecule has 1 N–H and O–H groups in total. The number of nitrogens with zero attached hydrogens (tertiary/aromatic N) is 1. The highest BCUT2D eigenvalue weighted by molar-refractivity contribution is 4.92. The molecule has 0 aromatic rings. The first-order chi connectivity index (χ1) is 6.58. The molecule has 0 aromatic heterocycles. The molecule has 14 heavy (non-hydrogen) atoms. The maximum Gasteiger partial charge on any atom is 0.0252 e. The lowest BCUT2D eigenvalue weighted by atomic mass is 9.79. The smallest absolute Gasteiger partial charge is 0.0252 e. The Kier molecular flexibility index (Phi) is 2.85. The summed E-state index contributed by atoms with van der Waals surface area (Å²) in [6.45, 7) is 10.8. The average Bonchev–Trinajstić information content (AvgIpc) is 2.24. The zero-order valence-corrected chi connectivity index (χ0v) is 9.84. The van der Waals surface area contributed by atoms with E-state index in [4.69, 9.17) is 0 Å². The van der Waals surface area contributed by atoms with Crippen LogP contribution in [0.15, 0.2) is 0 Å². The predicted octanol–water partition coefficient (Wildman–Crippen LogP) is 1.86. The third-order valence-corrected chi connectivity index (χ3v) is 3.87. The Hall–Kier alpha value is -0.0800. The molecule has 1 saturated heterocycles. The molecule has 0 aromatic carbocycles. The zero-order valence-electron chi connectivity index (χ0n) is 9.84. The molecule has 1 aliphatic carbocycles. The summed E-state index contributed by atoms with van der Waals surface area (Å²) in [4.78, 5) is 2.72. The molecular formula is C12H24N2. The Labute approximate surface area is 88.1 Å². The Morgan fingerprint density at radius 3 is 2.64 bits per heavy atom. The van der Waals surface area contributed by atoms with Crippen LogP contribution in [-0.2, 0) is 0 Å². The molecule has 2 fully saturated rings. The van der Waals surface area contributed by atoms with Gasteiger partial charge in [0.2, 0.25) is 0 Å². The van der Waals surface area contributed by atoms with E-state index in [0.717, 1.165) is 12.0 Å². The van der Waals surface area contributed by atoms with E-state index in [1.165, 1.54) is 38.9 Å². The van der Waals surface area contributed by atoms with Crippen molar-refractivity contribution in [2.24, 2.45) is 5.92 Å². The first-order valence-electron chi connectivity index (χ1n) is 6.07. The molecule has 2 unspecified atom stereocenters. The summed E-state index contributed by atoms with van der Waals surface area (Å²) < 4.78 is 0. The Morgan fingerprint density at radius 1 is 1.29 bits per heavy atom. The van der Waals surface area contributed by atoms with Gasteiger partial charge in [0.05, 0.1) is 0 Å². The summed E-state index contributed by atoms with van der Waals surface area (Å²) in [6, 6.07) is 0.883. The standard InChI is InChI=1S/C12H24N2/c1-10-5-6-11(10)14-8-4-7-13-12(2,3)9-14/h10-11,13H,4-9H2,1-3H3. The minimum absolute atomic E-state index is 0.311. The van der Waals surface area contributed by atoms with Gasteiger partial charge >= 0.3 is 0 Å². The van der Waals surface area contributed by atoms with E-state index in [9.17, 15) is 0 Å². The van der Waals surface area contributed by atoms with Crippen LogP contribution in [0.4, 0.5) is 0 Å². The molecule has 0 spiro atoms. The first kappa shape index (κ1) is 10.4. The molecule has 2 atom stereocenters. The van der Waals surface area contributed by atoms with Gasteiger partial charge in [-0.25, -0.2) is 0 Å². The van der Waals surface area contributed by atoms with Crippen LogP contribution in [0.2, 0.25) is 0 Å². The predicted molar refractivity (Wildman–Crippen MR) is 60.5 cm³/mol. The molecule has 1 saturated carbocycles. The van der Waals surface area contributed by atoms with Crippen molar-refractivity contribution in [3.8, 4) is 0 Å². The summed E-state index contributed by atoms with van der Waals surface area (Å²) in [5.41, 5.74) is 0.311. The van der Waals surface area contributed by atoms with Crippen LogP contribution in [0.1, 0.15) is 40.0 Å². The van der Waals surface area contributed by atoms with Crippen molar-refractivity contribution < 1.29 is 0 Å². The van der Waals surface area contributed by atoms with Crippen LogP contribution in [0.5, 0.6) is 0 Å². The van der Waals surface area contributed by atoms with Crippen LogP contribution in [-0.4, -0.2) is 36.1 Å². The fourth-order valence-corrected chi connectivity index (χ4v) is 2.83. The number of hydrogen-bond acceptors (Lipinski definition) is 2. The van der Waals surface area contributed by atoms with E-state index >= 15 is 0 Å². The molecule has 2 heteroatoms. The van der Waals surface area contributed by atoms with Gasteiger partial charge in [0, 0.05) is 18.1 Å². The number of nitrogens with one attached hydrogen (secondary N) is 1. The molecule has 1 heterocycles. The van der Waals surface area contributed by atoms with Crippen molar-refractivity contribution >= 4 is 0 Å². The second-order valence-corrected chi connectivity index (χ2v) is 5.76. The topological polar surface area (TPSA) is 15.3 Å². The summed E-state index contributed by atoms with van der Waals surface area (Å²) in [7, 11) is 0. The van der Waals surface area contributed by atoms with E-state index in [0.29, 0.717) is 5.54 Å². The van der Waals surface area contributed by atoms with Gasteiger partial charge in [0.25, 0.3) is 0 Å². The van der Waals surface area contributed by atoms with Gasteiger partial charge in [0.1, 0.15) is 0 Å². The Morgan fingerprint density at radius 2 is 2.07 bits per heavy atom. The van der Waals surface area contributed by atoms with Crippen molar-refractivity contribution in [1.82, 2.24) is 10.2 Å². The third kappa shape index (κ3) is 2.12. The molecule has 82 valence electrons. The van der Waals surface area contributed by atoms with Gasteiger partial charge in [-0.2, -0.15) is 0 Å². The van der Waals surface area contributed by atoms with Gasteiger partial charge in [-0.05, 0) is 52.1 Å².